The van der Waals surface area contributed by atoms with Crippen molar-refractivity contribution in [1.29, 1.82) is 0 Å². The summed E-state index contributed by atoms with van der Waals surface area (Å²) in [6, 6.07) is 10.7. The van der Waals surface area contributed by atoms with Crippen LogP contribution in [0.5, 0.6) is 0 Å². The molecule has 29 heavy (non-hydrogen) atoms. The van der Waals surface area contributed by atoms with Gasteiger partial charge >= 0.3 is 12.1 Å². The molecule has 3 rings (SSSR count). The highest BCUT2D eigenvalue weighted by Gasteiger charge is 2.42. The van der Waals surface area contributed by atoms with Gasteiger partial charge in [0.25, 0.3) is 0 Å². The molecule has 1 aliphatic heterocycles. The maximum absolute atomic E-state index is 12.8. The first-order chi connectivity index (χ1) is 13.7. The molecule has 1 aliphatic rings. The molecule has 154 valence electrons. The van der Waals surface area contributed by atoms with E-state index in [1.165, 1.54) is 6.92 Å². The Labute approximate surface area is 171 Å². The number of amides is 1. The molecule has 0 aliphatic carbocycles. The van der Waals surface area contributed by atoms with Gasteiger partial charge in [-0.2, -0.15) is 13.2 Å². The van der Waals surface area contributed by atoms with E-state index in [4.69, 9.17) is 11.6 Å². The molecular formula is C21H20ClF3N2O2. The lowest BCUT2D eigenvalue weighted by Crippen LogP contribution is -2.42. The summed E-state index contributed by atoms with van der Waals surface area (Å²) < 4.78 is 38.3. The van der Waals surface area contributed by atoms with Crippen LogP contribution in [-0.4, -0.2) is 35.9 Å². The molecule has 2 aromatic carbocycles. The van der Waals surface area contributed by atoms with Gasteiger partial charge in [-0.25, -0.2) is 0 Å². The van der Waals surface area contributed by atoms with Crippen molar-refractivity contribution in [2.24, 2.45) is 0 Å². The minimum Gasteiger partial charge on any atom is -0.380 e. The van der Waals surface area contributed by atoms with Gasteiger partial charge in [-0.3, -0.25) is 9.59 Å². The van der Waals surface area contributed by atoms with Gasteiger partial charge in [0.2, 0.25) is 0 Å². The van der Waals surface area contributed by atoms with E-state index in [1.54, 1.807) is 24.3 Å². The highest BCUT2D eigenvalue weighted by molar-refractivity contribution is 6.33. The summed E-state index contributed by atoms with van der Waals surface area (Å²) in [6.45, 7) is 1.94. The smallest absolute Gasteiger partial charge is 0.380 e. The van der Waals surface area contributed by atoms with Crippen molar-refractivity contribution in [2.45, 2.75) is 32.5 Å². The topological polar surface area (TPSA) is 49.4 Å². The number of Topliss-reactive ketones (excluding diaryl/α,β-unsaturated/α-hetero) is 1. The second-order valence-electron chi connectivity index (χ2n) is 6.96. The van der Waals surface area contributed by atoms with E-state index < -0.39 is 12.1 Å². The molecule has 0 radical (unpaired) electrons. The number of alkyl halides is 3. The van der Waals surface area contributed by atoms with Gasteiger partial charge in [-0.1, -0.05) is 41.9 Å². The van der Waals surface area contributed by atoms with Crippen molar-refractivity contribution in [2.75, 3.05) is 18.4 Å². The average molecular weight is 425 g/mol. The normalized spacial score (nSPS) is 14.2. The molecule has 0 saturated heterocycles. The summed E-state index contributed by atoms with van der Waals surface area (Å²) in [5.41, 5.74) is 3.93. The lowest BCUT2D eigenvalue weighted by Gasteiger charge is -2.21. The molecule has 0 spiro atoms. The van der Waals surface area contributed by atoms with Crippen molar-refractivity contribution in [3.05, 3.63) is 63.7 Å². The number of carbonyl (C=O) groups excluding carboxylic acids is 2. The summed E-state index contributed by atoms with van der Waals surface area (Å²) in [4.78, 5) is 23.8. The Balaban J connectivity index is 1.77. The maximum atomic E-state index is 12.8. The Morgan fingerprint density at radius 3 is 2.34 bits per heavy atom. The fraction of sp³-hybridized carbons (Fsp3) is 0.333. The second-order valence-corrected chi connectivity index (χ2v) is 7.36. The van der Waals surface area contributed by atoms with Crippen molar-refractivity contribution in [1.82, 2.24) is 4.90 Å². The third-order valence-corrected chi connectivity index (χ3v) is 5.32. The first-order valence-corrected chi connectivity index (χ1v) is 9.54. The molecule has 8 heteroatoms. The van der Waals surface area contributed by atoms with Crippen LogP contribution in [0.2, 0.25) is 5.02 Å². The molecule has 4 nitrogen and oxygen atoms in total. The van der Waals surface area contributed by atoms with Crippen LogP contribution in [0, 0.1) is 0 Å². The van der Waals surface area contributed by atoms with Crippen LogP contribution in [0.25, 0.3) is 0 Å². The van der Waals surface area contributed by atoms with E-state index in [1.807, 2.05) is 12.1 Å². The van der Waals surface area contributed by atoms with E-state index in [9.17, 15) is 22.8 Å². The Kier molecular flexibility index (Phi) is 6.17. The van der Waals surface area contributed by atoms with Crippen LogP contribution < -0.4 is 5.32 Å². The van der Waals surface area contributed by atoms with Crippen LogP contribution in [0.3, 0.4) is 0 Å². The van der Waals surface area contributed by atoms with Gasteiger partial charge in [-0.15, -0.1) is 0 Å². The fourth-order valence-electron chi connectivity index (χ4n) is 3.42. The lowest BCUT2D eigenvalue weighted by molar-refractivity contribution is -0.185. The number of fused-ring (bicyclic) bond motifs is 1. The number of rotatable bonds is 4. The van der Waals surface area contributed by atoms with Crippen molar-refractivity contribution in [3.63, 3.8) is 0 Å². The van der Waals surface area contributed by atoms with E-state index in [2.05, 4.69) is 5.32 Å². The number of hydrogen-bond acceptors (Lipinski definition) is 3. The van der Waals surface area contributed by atoms with Crippen molar-refractivity contribution >= 4 is 29.0 Å². The number of halogens is 4. The predicted octanol–water partition coefficient (Wildman–Crippen LogP) is 4.64. The number of benzene rings is 2. The van der Waals surface area contributed by atoms with Crippen LogP contribution in [0.4, 0.5) is 18.9 Å². The predicted molar refractivity (Wildman–Crippen MR) is 105 cm³/mol. The fourth-order valence-corrected chi connectivity index (χ4v) is 3.66. The zero-order chi connectivity index (χ0) is 21.2. The van der Waals surface area contributed by atoms with Gasteiger partial charge in [0, 0.05) is 25.2 Å². The molecule has 1 heterocycles. The summed E-state index contributed by atoms with van der Waals surface area (Å²) in [6.07, 6.45) is -4.26. The SMILES string of the molecule is CC(=O)c1ccc(CNc2c(Cl)ccc3c2CCN(C(=O)C(F)(F)F)CC3)cc1. The summed E-state index contributed by atoms with van der Waals surface area (Å²) in [7, 11) is 0. The van der Waals surface area contributed by atoms with Crippen LogP contribution in [0.1, 0.15) is 34.0 Å². The zero-order valence-electron chi connectivity index (χ0n) is 15.8. The lowest BCUT2D eigenvalue weighted by atomic mass is 10.0. The second kappa shape index (κ2) is 8.45. The van der Waals surface area contributed by atoms with Crippen LogP contribution >= 0.6 is 11.6 Å². The third-order valence-electron chi connectivity index (χ3n) is 5.00. The van der Waals surface area contributed by atoms with E-state index >= 15 is 0 Å². The largest absolute Gasteiger partial charge is 0.471 e. The Bertz CT molecular complexity index is 927. The average Bonchev–Trinajstić information content (AvgIpc) is 2.89. The summed E-state index contributed by atoms with van der Waals surface area (Å²) in [5.74, 6) is -1.82. The third kappa shape index (κ3) is 4.90. The van der Waals surface area contributed by atoms with Crippen LogP contribution in [0.15, 0.2) is 36.4 Å². The van der Waals surface area contributed by atoms with Gasteiger partial charge in [0.1, 0.15) is 0 Å². The van der Waals surface area contributed by atoms with Crippen molar-refractivity contribution in [3.8, 4) is 0 Å². The van der Waals surface area contributed by atoms with Gasteiger partial charge < -0.3 is 10.2 Å². The number of anilines is 1. The first kappa shape index (κ1) is 21.2. The molecule has 0 fully saturated rings. The molecule has 0 atom stereocenters. The highest BCUT2D eigenvalue weighted by atomic mass is 35.5. The molecular weight excluding hydrogens is 405 g/mol. The maximum Gasteiger partial charge on any atom is 0.471 e. The molecule has 0 bridgehead atoms. The molecule has 0 saturated carbocycles. The number of carbonyl (C=O) groups is 2. The molecule has 1 amide bonds. The molecule has 1 N–H and O–H groups in total. The standard InChI is InChI=1S/C21H20ClF3N2O2/c1-13(28)15-4-2-14(3-5-15)12-26-19-17-9-11-27(20(29)21(23,24)25)10-8-16(17)6-7-18(19)22/h2-7,26H,8-12H2,1H3. The van der Waals surface area contributed by atoms with E-state index in [-0.39, 0.29) is 25.3 Å². The van der Waals surface area contributed by atoms with Gasteiger partial charge in [0.15, 0.2) is 5.78 Å². The summed E-state index contributed by atoms with van der Waals surface area (Å²) >= 11 is 6.35. The Morgan fingerprint density at radius 2 is 1.72 bits per heavy atom. The zero-order valence-corrected chi connectivity index (χ0v) is 16.5. The monoisotopic (exact) mass is 424 g/mol. The minimum absolute atomic E-state index is 0.0128. The van der Waals surface area contributed by atoms with Gasteiger partial charge in [-0.05, 0) is 42.5 Å². The Hall–Kier alpha value is -2.54. The molecule has 2 aromatic rings. The Morgan fingerprint density at radius 1 is 1.07 bits per heavy atom. The molecule has 0 unspecified atom stereocenters. The number of ketones is 1. The molecule has 0 aromatic heterocycles. The highest BCUT2D eigenvalue weighted by Crippen LogP contribution is 2.32. The number of nitrogens with one attached hydrogen (secondary N) is 1. The van der Waals surface area contributed by atoms with E-state index in [0.29, 0.717) is 29.2 Å². The van der Waals surface area contributed by atoms with E-state index in [0.717, 1.165) is 21.6 Å². The summed E-state index contributed by atoms with van der Waals surface area (Å²) in [5, 5.41) is 3.74. The quantitative estimate of drug-likeness (QED) is 0.727. The number of nitrogens with zero attached hydrogens (tertiary/aromatic N) is 1. The number of hydrogen-bond donors (Lipinski definition) is 1. The van der Waals surface area contributed by atoms with Gasteiger partial charge in [0.05, 0.1) is 10.7 Å². The van der Waals surface area contributed by atoms with Crippen LogP contribution in [-0.2, 0) is 24.2 Å². The first-order valence-electron chi connectivity index (χ1n) is 9.17. The minimum atomic E-state index is -4.87. The van der Waals surface area contributed by atoms with Crippen molar-refractivity contribution < 1.29 is 22.8 Å².